The van der Waals surface area contributed by atoms with Crippen molar-refractivity contribution in [1.82, 2.24) is 4.57 Å². The number of hydrogen-bond acceptors (Lipinski definition) is 4. The molecule has 0 radical (unpaired) electrons. The number of esters is 1. The fourth-order valence-electron chi connectivity index (χ4n) is 3.62. The summed E-state index contributed by atoms with van der Waals surface area (Å²) in [6, 6.07) is 8.31. The zero-order valence-corrected chi connectivity index (χ0v) is 16.5. The van der Waals surface area contributed by atoms with Crippen LogP contribution in [0.3, 0.4) is 0 Å². The molecule has 1 aliphatic rings. The van der Waals surface area contributed by atoms with Gasteiger partial charge in [0.25, 0.3) is 0 Å². The number of aromatic nitrogens is 1. The van der Waals surface area contributed by atoms with Crippen molar-refractivity contribution >= 4 is 17.8 Å². The number of ether oxygens (including phenoxy) is 1. The molecule has 140 valence electrons. The van der Waals surface area contributed by atoms with Crippen molar-refractivity contribution in [3.63, 3.8) is 0 Å². The van der Waals surface area contributed by atoms with E-state index < -0.39 is 5.97 Å². The zero-order valence-electron chi connectivity index (χ0n) is 16.5. The minimum Gasteiger partial charge on any atom is -0.505 e. The topological polar surface area (TPSA) is 63.8 Å². The third kappa shape index (κ3) is 3.10. The Morgan fingerprint density at radius 1 is 1.15 bits per heavy atom. The molecular weight excluding hydrogens is 340 g/mol. The minimum absolute atomic E-state index is 0.118. The lowest BCUT2D eigenvalue weighted by atomic mass is 10.1. The van der Waals surface area contributed by atoms with Crippen molar-refractivity contribution < 1.29 is 14.6 Å². The van der Waals surface area contributed by atoms with Gasteiger partial charge in [0.1, 0.15) is 11.3 Å². The molecule has 3 rings (SSSR count). The van der Waals surface area contributed by atoms with Gasteiger partial charge in [-0.05, 0) is 63.5 Å². The molecule has 27 heavy (non-hydrogen) atoms. The predicted octanol–water partition coefficient (Wildman–Crippen LogP) is 4.51. The molecule has 1 aromatic heterocycles. The number of carbonyl (C=O) groups excluding carboxylic acids is 1. The van der Waals surface area contributed by atoms with E-state index in [9.17, 15) is 9.90 Å². The maximum atomic E-state index is 11.9. The summed E-state index contributed by atoms with van der Waals surface area (Å²) in [4.78, 5) is 16.2. The van der Waals surface area contributed by atoms with E-state index in [0.29, 0.717) is 11.4 Å². The number of aliphatic hydroxyl groups excluding tert-OH is 1. The standard InChI is InChI=1S/C22H24N2O3/c1-12-8-7-9-13(2)20(12)24-14(3)10-17(16(24)5)11-18-21(25)19(15(4)23-18)22(26)27-6/h7-11,25H,1-6H3/b18-11-. The van der Waals surface area contributed by atoms with Crippen LogP contribution in [0, 0.1) is 27.7 Å². The molecule has 2 heterocycles. The molecule has 0 unspecified atom stereocenters. The predicted molar refractivity (Wildman–Crippen MR) is 107 cm³/mol. The van der Waals surface area contributed by atoms with Crippen LogP contribution >= 0.6 is 0 Å². The summed E-state index contributed by atoms with van der Waals surface area (Å²) in [7, 11) is 1.29. The number of carbonyl (C=O) groups is 1. The molecular formula is C22H24N2O3. The van der Waals surface area contributed by atoms with Crippen LogP contribution in [-0.2, 0) is 9.53 Å². The van der Waals surface area contributed by atoms with Crippen molar-refractivity contribution in [2.45, 2.75) is 34.6 Å². The Bertz CT molecular complexity index is 1020. The third-order valence-electron chi connectivity index (χ3n) is 4.94. The third-order valence-corrected chi connectivity index (χ3v) is 4.94. The number of aryl methyl sites for hydroxylation is 3. The van der Waals surface area contributed by atoms with Gasteiger partial charge in [0.05, 0.1) is 18.5 Å². The Morgan fingerprint density at radius 2 is 1.78 bits per heavy atom. The van der Waals surface area contributed by atoms with Crippen molar-refractivity contribution in [3.8, 4) is 5.69 Å². The minimum atomic E-state index is -0.585. The van der Waals surface area contributed by atoms with Crippen LogP contribution in [0.5, 0.6) is 0 Å². The monoisotopic (exact) mass is 364 g/mol. The lowest BCUT2D eigenvalue weighted by Crippen LogP contribution is -2.11. The van der Waals surface area contributed by atoms with Crippen molar-refractivity contribution in [2.75, 3.05) is 7.11 Å². The lowest BCUT2D eigenvalue weighted by molar-refractivity contribution is -0.135. The highest BCUT2D eigenvalue weighted by atomic mass is 16.5. The van der Waals surface area contributed by atoms with Gasteiger partial charge < -0.3 is 14.4 Å². The lowest BCUT2D eigenvalue weighted by Gasteiger charge is -2.15. The van der Waals surface area contributed by atoms with Crippen LogP contribution in [0.2, 0.25) is 0 Å². The number of nitrogens with zero attached hydrogens (tertiary/aromatic N) is 2. The van der Waals surface area contributed by atoms with Gasteiger partial charge in [-0.2, -0.15) is 0 Å². The highest BCUT2D eigenvalue weighted by Crippen LogP contribution is 2.30. The van der Waals surface area contributed by atoms with Crippen molar-refractivity contribution in [1.29, 1.82) is 0 Å². The van der Waals surface area contributed by atoms with Crippen LogP contribution in [0.15, 0.2) is 46.3 Å². The summed E-state index contributed by atoms with van der Waals surface area (Å²) in [6.07, 6.45) is 1.81. The first kappa shape index (κ1) is 18.7. The number of rotatable bonds is 3. The van der Waals surface area contributed by atoms with E-state index in [1.807, 2.05) is 6.92 Å². The van der Waals surface area contributed by atoms with Gasteiger partial charge in [-0.3, -0.25) is 0 Å². The molecule has 5 nitrogen and oxygen atoms in total. The van der Waals surface area contributed by atoms with E-state index in [1.165, 1.54) is 23.9 Å². The molecule has 0 saturated heterocycles. The summed E-state index contributed by atoms with van der Waals surface area (Å²) in [5.41, 5.74) is 7.58. The molecule has 5 heteroatoms. The van der Waals surface area contributed by atoms with Gasteiger partial charge >= 0.3 is 5.97 Å². The number of benzene rings is 1. The van der Waals surface area contributed by atoms with Crippen LogP contribution < -0.4 is 0 Å². The SMILES string of the molecule is COC(=O)C1=C(O)/C(=C/c2cc(C)n(-c3c(C)cccc3C)c2C)N=C1C. The summed E-state index contributed by atoms with van der Waals surface area (Å²) < 4.78 is 6.95. The number of para-hydroxylation sites is 1. The Morgan fingerprint density at radius 3 is 2.37 bits per heavy atom. The summed E-state index contributed by atoms with van der Waals surface area (Å²) >= 11 is 0. The number of hydrogen-bond donors (Lipinski definition) is 1. The van der Waals surface area contributed by atoms with Crippen LogP contribution in [-0.4, -0.2) is 28.5 Å². The van der Waals surface area contributed by atoms with Gasteiger partial charge in [-0.1, -0.05) is 18.2 Å². The first-order valence-electron chi connectivity index (χ1n) is 8.81. The molecule has 0 amide bonds. The van der Waals surface area contributed by atoms with Gasteiger partial charge in [0.15, 0.2) is 5.76 Å². The quantitative estimate of drug-likeness (QED) is 0.815. The van der Waals surface area contributed by atoms with E-state index in [1.54, 1.807) is 13.0 Å². The van der Waals surface area contributed by atoms with E-state index in [-0.39, 0.29) is 11.3 Å². The molecule has 1 aliphatic heterocycles. The van der Waals surface area contributed by atoms with Crippen LogP contribution in [0.25, 0.3) is 11.8 Å². The van der Waals surface area contributed by atoms with Gasteiger partial charge in [0, 0.05) is 11.4 Å². The van der Waals surface area contributed by atoms with Gasteiger partial charge in [0.2, 0.25) is 0 Å². The average Bonchev–Trinajstić information content (AvgIpc) is 3.04. The Balaban J connectivity index is 2.13. The highest BCUT2D eigenvalue weighted by molar-refractivity contribution is 6.22. The fraction of sp³-hybridized carbons (Fsp3) is 0.273. The number of aliphatic imine (C=N–C) groups is 1. The van der Waals surface area contributed by atoms with Crippen molar-refractivity contribution in [3.05, 3.63) is 69.4 Å². The van der Waals surface area contributed by atoms with Crippen molar-refractivity contribution in [2.24, 2.45) is 4.99 Å². The summed E-state index contributed by atoms with van der Waals surface area (Å²) in [5.74, 6) is -0.727. The molecule has 0 atom stereocenters. The molecule has 0 fully saturated rings. The maximum absolute atomic E-state index is 11.9. The fourth-order valence-corrected chi connectivity index (χ4v) is 3.62. The average molecular weight is 364 g/mol. The van der Waals surface area contributed by atoms with Crippen LogP contribution in [0.1, 0.15) is 35.0 Å². The van der Waals surface area contributed by atoms with E-state index in [0.717, 1.165) is 17.0 Å². The van der Waals surface area contributed by atoms with E-state index >= 15 is 0 Å². The Kier molecular flexibility index (Phi) is 4.79. The Hall–Kier alpha value is -3.08. The maximum Gasteiger partial charge on any atom is 0.343 e. The zero-order chi connectivity index (χ0) is 19.9. The van der Waals surface area contributed by atoms with E-state index in [2.05, 4.69) is 54.6 Å². The first-order valence-corrected chi connectivity index (χ1v) is 8.81. The molecule has 2 aromatic rings. The number of methoxy groups -OCH3 is 1. The molecule has 1 N–H and O–H groups in total. The first-order chi connectivity index (χ1) is 12.8. The second-order valence-corrected chi connectivity index (χ2v) is 6.84. The van der Waals surface area contributed by atoms with Crippen LogP contribution in [0.4, 0.5) is 0 Å². The largest absolute Gasteiger partial charge is 0.505 e. The van der Waals surface area contributed by atoms with Gasteiger partial charge in [-0.25, -0.2) is 9.79 Å². The molecule has 0 bridgehead atoms. The second-order valence-electron chi connectivity index (χ2n) is 6.84. The summed E-state index contributed by atoms with van der Waals surface area (Å²) in [5, 5.41) is 10.4. The molecule has 0 spiro atoms. The van der Waals surface area contributed by atoms with Gasteiger partial charge in [-0.15, -0.1) is 0 Å². The number of aliphatic hydroxyl groups is 1. The second kappa shape index (κ2) is 6.91. The highest BCUT2D eigenvalue weighted by Gasteiger charge is 2.27. The Labute approximate surface area is 159 Å². The molecule has 0 aliphatic carbocycles. The molecule has 1 aromatic carbocycles. The summed E-state index contributed by atoms with van der Waals surface area (Å²) in [6.45, 7) is 9.98. The van der Waals surface area contributed by atoms with E-state index in [4.69, 9.17) is 4.74 Å². The smallest absolute Gasteiger partial charge is 0.343 e. The molecule has 0 saturated carbocycles. The normalized spacial score (nSPS) is 15.5.